The number of hydrogen-bond acceptors (Lipinski definition) is 5. The monoisotopic (exact) mass is 570 g/mol. The lowest BCUT2D eigenvalue weighted by molar-refractivity contribution is 0.251. The molecule has 6 nitrogen and oxygen atoms in total. The van der Waals surface area contributed by atoms with Crippen molar-refractivity contribution in [3.63, 3.8) is 0 Å². The lowest BCUT2D eigenvalue weighted by Gasteiger charge is -2.28. The van der Waals surface area contributed by atoms with Gasteiger partial charge in [-0.05, 0) is 78.8 Å². The molecule has 0 unspecified atom stereocenters. The second kappa shape index (κ2) is 13.1. The van der Waals surface area contributed by atoms with Crippen LogP contribution in [0.3, 0.4) is 0 Å². The summed E-state index contributed by atoms with van der Waals surface area (Å²) < 4.78 is 38.7. The Morgan fingerprint density at radius 3 is 2.15 bits per heavy atom. The van der Waals surface area contributed by atoms with Gasteiger partial charge in [0.2, 0.25) is 10.0 Å². The standard InChI is InChI=1S/C34H38N2O4S/c1-26-33(35-41(2,37)38)16-9-17-34(26)36(23-27-10-4-3-5-11-27)24-28-18-20-30(21-19-28)40-32-15-8-14-31(22-32)39-25-29-12-6-7-13-29/h3-5,8-11,14-22,29,35H,6-7,12-13,23-25H2,1-2H3. The van der Waals surface area contributed by atoms with E-state index in [1.807, 2.05) is 73.7 Å². The first kappa shape index (κ1) is 28.6. The molecule has 1 aliphatic rings. The number of nitrogens with zero attached hydrogens (tertiary/aromatic N) is 1. The average molecular weight is 571 g/mol. The first-order chi connectivity index (χ1) is 19.8. The van der Waals surface area contributed by atoms with Gasteiger partial charge in [0.25, 0.3) is 0 Å². The lowest BCUT2D eigenvalue weighted by Crippen LogP contribution is -2.23. The van der Waals surface area contributed by atoms with Gasteiger partial charge in [-0.15, -0.1) is 0 Å². The largest absolute Gasteiger partial charge is 0.493 e. The molecule has 0 amide bonds. The van der Waals surface area contributed by atoms with Gasteiger partial charge in [-0.3, -0.25) is 4.72 Å². The molecule has 1 saturated carbocycles. The quantitative estimate of drug-likeness (QED) is 0.187. The predicted octanol–water partition coefficient (Wildman–Crippen LogP) is 7.93. The third-order valence-electron chi connectivity index (χ3n) is 7.46. The van der Waals surface area contributed by atoms with E-state index in [-0.39, 0.29) is 0 Å². The van der Waals surface area contributed by atoms with Crippen molar-refractivity contribution in [1.29, 1.82) is 0 Å². The zero-order chi connectivity index (χ0) is 28.7. The SMILES string of the molecule is Cc1c(NS(C)(=O)=O)cccc1N(Cc1ccccc1)Cc1ccc(Oc2cccc(OCC3CCCC3)c2)cc1. The summed E-state index contributed by atoms with van der Waals surface area (Å²) in [6, 6.07) is 31.9. The summed E-state index contributed by atoms with van der Waals surface area (Å²) >= 11 is 0. The third-order valence-corrected chi connectivity index (χ3v) is 8.05. The minimum atomic E-state index is -3.39. The highest BCUT2D eigenvalue weighted by atomic mass is 32.2. The topological polar surface area (TPSA) is 67.9 Å². The summed E-state index contributed by atoms with van der Waals surface area (Å²) in [5.41, 5.74) is 4.72. The molecule has 0 radical (unpaired) electrons. The van der Waals surface area contributed by atoms with Crippen LogP contribution in [0.1, 0.15) is 42.4 Å². The minimum absolute atomic E-state index is 0.585. The van der Waals surface area contributed by atoms with Crippen molar-refractivity contribution in [2.45, 2.75) is 45.7 Å². The Balaban J connectivity index is 1.30. The fourth-order valence-electron chi connectivity index (χ4n) is 5.34. The van der Waals surface area contributed by atoms with Gasteiger partial charge < -0.3 is 14.4 Å². The lowest BCUT2D eigenvalue weighted by atomic mass is 10.1. The van der Waals surface area contributed by atoms with Crippen molar-refractivity contribution in [3.05, 3.63) is 114 Å². The van der Waals surface area contributed by atoms with Crippen LogP contribution in [0.4, 0.5) is 11.4 Å². The van der Waals surface area contributed by atoms with E-state index in [1.54, 1.807) is 6.07 Å². The van der Waals surface area contributed by atoms with Crippen LogP contribution >= 0.6 is 0 Å². The second-order valence-electron chi connectivity index (χ2n) is 10.8. The summed E-state index contributed by atoms with van der Waals surface area (Å²) in [6.07, 6.45) is 6.30. The van der Waals surface area contributed by atoms with Crippen molar-refractivity contribution in [2.24, 2.45) is 5.92 Å². The Kier molecular flexibility index (Phi) is 9.14. The van der Waals surface area contributed by atoms with Gasteiger partial charge in [0, 0.05) is 24.8 Å². The molecule has 4 aromatic rings. The first-order valence-electron chi connectivity index (χ1n) is 14.2. The Bertz CT molecular complexity index is 1530. The van der Waals surface area contributed by atoms with E-state index >= 15 is 0 Å². The van der Waals surface area contributed by atoms with E-state index < -0.39 is 10.0 Å². The highest BCUT2D eigenvalue weighted by Crippen LogP contribution is 2.31. The van der Waals surface area contributed by atoms with Crippen LogP contribution in [-0.2, 0) is 23.1 Å². The third kappa shape index (κ3) is 8.27. The second-order valence-corrected chi connectivity index (χ2v) is 12.6. The van der Waals surface area contributed by atoms with Crippen LogP contribution in [-0.4, -0.2) is 21.3 Å². The molecule has 0 aromatic heterocycles. The molecular weight excluding hydrogens is 532 g/mol. The van der Waals surface area contributed by atoms with Gasteiger partial charge >= 0.3 is 0 Å². The molecule has 0 spiro atoms. The van der Waals surface area contributed by atoms with Gasteiger partial charge in [-0.1, -0.05) is 67.4 Å². The molecule has 0 heterocycles. The molecule has 0 saturated heterocycles. The maximum atomic E-state index is 11.9. The van der Waals surface area contributed by atoms with Gasteiger partial charge in [-0.25, -0.2) is 8.42 Å². The molecule has 5 rings (SSSR count). The Hall–Kier alpha value is -3.97. The van der Waals surface area contributed by atoms with Crippen LogP contribution in [0.5, 0.6) is 17.2 Å². The average Bonchev–Trinajstić information content (AvgIpc) is 3.48. The molecule has 4 aromatic carbocycles. The normalized spacial score (nSPS) is 13.6. The number of rotatable bonds is 12. The van der Waals surface area contributed by atoms with Gasteiger partial charge in [-0.2, -0.15) is 0 Å². The highest BCUT2D eigenvalue weighted by molar-refractivity contribution is 7.92. The van der Waals surface area contributed by atoms with Crippen LogP contribution in [0.2, 0.25) is 0 Å². The number of ether oxygens (including phenoxy) is 2. The van der Waals surface area contributed by atoms with E-state index in [0.717, 1.165) is 40.7 Å². The molecule has 7 heteroatoms. The number of hydrogen-bond donors (Lipinski definition) is 1. The molecule has 214 valence electrons. The molecule has 1 aliphatic carbocycles. The van der Waals surface area contributed by atoms with Crippen LogP contribution in [0, 0.1) is 12.8 Å². The van der Waals surface area contributed by atoms with Crippen LogP contribution in [0.15, 0.2) is 97.1 Å². The smallest absolute Gasteiger partial charge is 0.229 e. The van der Waals surface area contributed by atoms with Crippen molar-refractivity contribution in [3.8, 4) is 17.2 Å². The molecule has 0 aliphatic heterocycles. The van der Waals surface area contributed by atoms with Crippen LogP contribution < -0.4 is 19.1 Å². The zero-order valence-electron chi connectivity index (χ0n) is 23.8. The summed E-state index contributed by atoms with van der Waals surface area (Å²) in [5.74, 6) is 3.01. The maximum absolute atomic E-state index is 11.9. The van der Waals surface area contributed by atoms with E-state index in [9.17, 15) is 8.42 Å². The van der Waals surface area contributed by atoms with Crippen molar-refractivity contribution < 1.29 is 17.9 Å². The fraction of sp³-hybridized carbons (Fsp3) is 0.294. The van der Waals surface area contributed by atoms with Crippen molar-refractivity contribution in [2.75, 3.05) is 22.5 Å². The zero-order valence-corrected chi connectivity index (χ0v) is 24.6. The number of nitrogens with one attached hydrogen (secondary N) is 1. The minimum Gasteiger partial charge on any atom is -0.493 e. The van der Waals surface area contributed by atoms with E-state index in [0.29, 0.717) is 24.7 Å². The van der Waals surface area contributed by atoms with Gasteiger partial charge in [0.15, 0.2) is 0 Å². The van der Waals surface area contributed by atoms with Gasteiger partial charge in [0.05, 0.1) is 18.6 Å². The Labute approximate surface area is 244 Å². The van der Waals surface area contributed by atoms with Crippen LogP contribution in [0.25, 0.3) is 0 Å². The molecule has 0 bridgehead atoms. The molecule has 1 fully saturated rings. The Morgan fingerprint density at radius 1 is 0.780 bits per heavy atom. The van der Waals surface area contributed by atoms with E-state index in [1.165, 1.54) is 37.5 Å². The number of anilines is 2. The van der Waals surface area contributed by atoms with E-state index in [2.05, 4.69) is 33.9 Å². The Morgan fingerprint density at radius 2 is 1.44 bits per heavy atom. The molecule has 1 N–H and O–H groups in total. The highest BCUT2D eigenvalue weighted by Gasteiger charge is 2.17. The fourth-order valence-corrected chi connectivity index (χ4v) is 5.96. The van der Waals surface area contributed by atoms with Gasteiger partial charge in [0.1, 0.15) is 17.2 Å². The molecule has 0 atom stereocenters. The summed E-state index contributed by atoms with van der Waals surface area (Å²) in [4.78, 5) is 2.26. The summed E-state index contributed by atoms with van der Waals surface area (Å²) in [6.45, 7) is 4.03. The summed E-state index contributed by atoms with van der Waals surface area (Å²) in [7, 11) is -3.39. The van der Waals surface area contributed by atoms with Crippen molar-refractivity contribution in [1.82, 2.24) is 0 Å². The van der Waals surface area contributed by atoms with Crippen molar-refractivity contribution >= 4 is 21.4 Å². The summed E-state index contributed by atoms with van der Waals surface area (Å²) in [5, 5.41) is 0. The number of benzene rings is 4. The first-order valence-corrected chi connectivity index (χ1v) is 16.1. The van der Waals surface area contributed by atoms with E-state index in [4.69, 9.17) is 9.47 Å². The maximum Gasteiger partial charge on any atom is 0.229 e. The predicted molar refractivity (Wildman–Crippen MR) is 166 cm³/mol. The number of sulfonamides is 1. The molecule has 41 heavy (non-hydrogen) atoms. The molecular formula is C34H38N2O4S.